The monoisotopic (exact) mass is 329 g/mol. The zero-order valence-electron chi connectivity index (χ0n) is 15.7. The second kappa shape index (κ2) is 6.19. The highest BCUT2D eigenvalue weighted by Gasteiger charge is 2.14. The van der Waals surface area contributed by atoms with E-state index in [0.29, 0.717) is 0 Å². The van der Waals surface area contributed by atoms with Gasteiger partial charge in [-0.05, 0) is 77.6 Å². The molecule has 0 bridgehead atoms. The smallest absolute Gasteiger partial charge is 0.275 e. The molecule has 0 atom stereocenters. The summed E-state index contributed by atoms with van der Waals surface area (Å²) in [5.74, 6) is -1.57. The highest BCUT2D eigenvalue weighted by molar-refractivity contribution is 6.36. The van der Waals surface area contributed by atoms with Crippen LogP contribution in [0.5, 0.6) is 0 Å². The van der Waals surface area contributed by atoms with Crippen LogP contribution in [0.1, 0.15) is 45.0 Å². The van der Waals surface area contributed by atoms with Crippen molar-refractivity contribution in [1.29, 1.82) is 0 Å². The summed E-state index contributed by atoms with van der Waals surface area (Å²) >= 11 is 0. The summed E-state index contributed by atoms with van der Waals surface area (Å²) < 4.78 is 3.19. The Balaban J connectivity index is 2.35. The summed E-state index contributed by atoms with van der Waals surface area (Å²) in [5, 5.41) is 16.2. The zero-order valence-corrected chi connectivity index (χ0v) is 15.7. The van der Waals surface area contributed by atoms with E-state index in [4.69, 9.17) is 0 Å². The quantitative estimate of drug-likeness (QED) is 0.676. The van der Waals surface area contributed by atoms with Crippen LogP contribution in [0.3, 0.4) is 0 Å². The molecule has 0 saturated carbocycles. The Labute approximate surface area is 142 Å². The molecule has 0 aliphatic carbocycles. The third-order valence-corrected chi connectivity index (χ3v) is 5.20. The van der Waals surface area contributed by atoms with Gasteiger partial charge in [0.2, 0.25) is 0 Å². The first-order valence-corrected chi connectivity index (χ1v) is 7.95. The normalized spacial score (nSPS) is 11.9. The van der Waals surface area contributed by atoms with E-state index in [0.717, 1.165) is 45.0 Å². The number of hydrogen-bond donors (Lipinski definition) is 1. The lowest BCUT2D eigenvalue weighted by molar-refractivity contribution is -0.218. The van der Waals surface area contributed by atoms with Gasteiger partial charge in [-0.15, -0.1) is 0 Å². The van der Waals surface area contributed by atoms with Gasteiger partial charge in [-0.2, -0.15) is 5.10 Å². The van der Waals surface area contributed by atoms with E-state index < -0.39 is 11.8 Å². The van der Waals surface area contributed by atoms with E-state index in [-0.39, 0.29) is 0 Å². The third-order valence-electron chi connectivity index (χ3n) is 5.20. The molecule has 0 fully saturated rings. The van der Waals surface area contributed by atoms with E-state index in [1.165, 1.54) is 0 Å². The van der Waals surface area contributed by atoms with Crippen molar-refractivity contribution >= 4 is 11.8 Å². The topological polar surface area (TPSA) is 74.4 Å². The maximum Gasteiger partial charge on any atom is 0.275 e. The maximum atomic E-state index is 12.3. The van der Waals surface area contributed by atoms with E-state index >= 15 is 0 Å². The van der Waals surface area contributed by atoms with Crippen LogP contribution < -0.4 is 10.5 Å². The summed E-state index contributed by atoms with van der Waals surface area (Å²) in [4.78, 5) is 12.3. The Kier molecular flexibility index (Phi) is 4.60. The van der Waals surface area contributed by atoms with Crippen LogP contribution in [-0.4, -0.2) is 21.2 Å². The van der Waals surface area contributed by atoms with Gasteiger partial charge in [-0.25, -0.2) is 4.68 Å². The number of nitrogens with zero attached hydrogens (tertiary/aromatic N) is 3. The number of carbonyl (C=O) groups is 1. The Hall–Kier alpha value is -2.50. The van der Waals surface area contributed by atoms with Crippen molar-refractivity contribution in [2.45, 2.75) is 55.4 Å². The lowest BCUT2D eigenvalue weighted by Gasteiger charge is -2.16. The van der Waals surface area contributed by atoms with Gasteiger partial charge in [0, 0.05) is 22.8 Å². The molecule has 0 saturated heterocycles. The van der Waals surface area contributed by atoms with Crippen LogP contribution in [0, 0.1) is 55.4 Å². The first kappa shape index (κ1) is 17.8. The molecule has 0 radical (unpaired) electrons. The highest BCUT2D eigenvalue weighted by Crippen LogP contribution is 2.20. The van der Waals surface area contributed by atoms with Crippen LogP contribution in [-0.2, 0) is 4.79 Å². The molecule has 6 nitrogen and oxygen atoms in total. The van der Waals surface area contributed by atoms with Crippen molar-refractivity contribution in [3.05, 3.63) is 45.0 Å². The minimum atomic E-state index is -0.820. The molecular formula is C18H25N4O2-. The first-order chi connectivity index (χ1) is 11.1. The second-order valence-corrected chi connectivity index (χ2v) is 6.33. The van der Waals surface area contributed by atoms with Crippen LogP contribution in [0.4, 0.5) is 0 Å². The predicted molar refractivity (Wildman–Crippen MR) is 94.0 cm³/mol. The molecule has 1 N–H and O–H groups in total. The number of amides is 1. The van der Waals surface area contributed by atoms with E-state index in [1.54, 1.807) is 9.35 Å². The van der Waals surface area contributed by atoms with Crippen LogP contribution in [0.2, 0.25) is 0 Å². The predicted octanol–water partition coefficient (Wildman–Crippen LogP) is 2.05. The van der Waals surface area contributed by atoms with Gasteiger partial charge in [0.15, 0.2) is 0 Å². The molecule has 2 aromatic heterocycles. The second-order valence-electron chi connectivity index (χ2n) is 6.33. The summed E-state index contributed by atoms with van der Waals surface area (Å²) in [6.07, 6.45) is 0. The molecule has 2 aromatic rings. The van der Waals surface area contributed by atoms with Gasteiger partial charge in [0.25, 0.3) is 5.91 Å². The lowest BCUT2D eigenvalue weighted by atomic mass is 10.2. The SMILES string of the molecule is Cc1c(C)c(C)n(/N=C(/[O-])C(=O)Nn2c(C)c(C)c(C)c2C)c1C. The van der Waals surface area contributed by atoms with Crippen LogP contribution >= 0.6 is 0 Å². The number of carbonyl (C=O) groups excluding carboxylic acids is 1. The highest BCUT2D eigenvalue weighted by atomic mass is 16.3. The third kappa shape index (κ3) is 2.72. The Morgan fingerprint density at radius 3 is 1.58 bits per heavy atom. The molecule has 0 aliphatic rings. The minimum Gasteiger partial charge on any atom is -0.854 e. The first-order valence-electron chi connectivity index (χ1n) is 7.95. The zero-order chi connectivity index (χ0) is 18.3. The number of aromatic nitrogens is 2. The largest absolute Gasteiger partial charge is 0.854 e. The molecule has 2 heterocycles. The average Bonchev–Trinajstić information content (AvgIpc) is 2.84. The Morgan fingerprint density at radius 2 is 1.17 bits per heavy atom. The molecule has 130 valence electrons. The van der Waals surface area contributed by atoms with Crippen molar-refractivity contribution in [3.8, 4) is 0 Å². The van der Waals surface area contributed by atoms with Crippen molar-refractivity contribution in [2.24, 2.45) is 5.10 Å². The van der Waals surface area contributed by atoms with Crippen molar-refractivity contribution in [1.82, 2.24) is 9.35 Å². The molecule has 0 spiro atoms. The average molecular weight is 329 g/mol. The molecule has 1 amide bonds. The van der Waals surface area contributed by atoms with Crippen molar-refractivity contribution < 1.29 is 9.90 Å². The molecule has 0 aromatic carbocycles. The maximum absolute atomic E-state index is 12.3. The fourth-order valence-electron chi connectivity index (χ4n) is 2.84. The molecule has 6 heteroatoms. The lowest BCUT2D eigenvalue weighted by Crippen LogP contribution is -2.39. The number of nitrogens with one attached hydrogen (secondary N) is 1. The standard InChI is InChI=1S/C18H26N4O2/c1-9-10(2)14(6)21(13(9)5)19-17(23)18(24)20-22-15(7)11(3)12(4)16(22)8/h1-8H3,(H,19,23)(H,20,24)/p-1. The summed E-state index contributed by atoms with van der Waals surface area (Å²) in [5.41, 5.74) is 10.5. The minimum absolute atomic E-state index is 0.751. The molecule has 24 heavy (non-hydrogen) atoms. The number of hydrogen-bond acceptors (Lipinski definition) is 3. The molecular weight excluding hydrogens is 304 g/mol. The van der Waals surface area contributed by atoms with Crippen LogP contribution in [0.25, 0.3) is 0 Å². The van der Waals surface area contributed by atoms with Gasteiger partial charge in [0.1, 0.15) is 0 Å². The Bertz CT molecular complexity index is 802. The summed E-state index contributed by atoms with van der Waals surface area (Å²) in [6, 6.07) is 0. The molecule has 2 rings (SSSR count). The van der Waals surface area contributed by atoms with Gasteiger partial charge in [0.05, 0.1) is 5.90 Å². The van der Waals surface area contributed by atoms with Gasteiger partial charge >= 0.3 is 0 Å². The van der Waals surface area contributed by atoms with Gasteiger partial charge < -0.3 is 5.11 Å². The van der Waals surface area contributed by atoms with Crippen LogP contribution in [0.15, 0.2) is 5.10 Å². The molecule has 0 aliphatic heterocycles. The van der Waals surface area contributed by atoms with E-state index in [1.807, 2.05) is 55.4 Å². The van der Waals surface area contributed by atoms with Gasteiger partial charge in [-0.3, -0.25) is 14.9 Å². The number of rotatable bonds is 2. The van der Waals surface area contributed by atoms with E-state index in [9.17, 15) is 9.90 Å². The van der Waals surface area contributed by atoms with E-state index in [2.05, 4.69) is 10.5 Å². The summed E-state index contributed by atoms with van der Waals surface area (Å²) in [7, 11) is 0. The summed E-state index contributed by atoms with van der Waals surface area (Å²) in [6.45, 7) is 15.5. The van der Waals surface area contributed by atoms with Crippen molar-refractivity contribution in [2.75, 3.05) is 5.43 Å². The molecule has 0 unspecified atom stereocenters. The fourth-order valence-corrected chi connectivity index (χ4v) is 2.84. The van der Waals surface area contributed by atoms with Gasteiger partial charge in [-0.1, -0.05) is 0 Å². The fraction of sp³-hybridized carbons (Fsp3) is 0.444. The Morgan fingerprint density at radius 1 is 0.792 bits per heavy atom. The van der Waals surface area contributed by atoms with Crippen molar-refractivity contribution in [3.63, 3.8) is 0 Å².